The first kappa shape index (κ1) is 15.8. The Morgan fingerprint density at radius 3 is 2.74 bits per heavy atom. The van der Waals surface area contributed by atoms with E-state index in [0.717, 1.165) is 19.5 Å². The van der Waals surface area contributed by atoms with Crippen LogP contribution in [0.2, 0.25) is 0 Å². The van der Waals surface area contributed by atoms with Gasteiger partial charge in [-0.05, 0) is 50.7 Å². The summed E-state index contributed by atoms with van der Waals surface area (Å²) < 4.78 is 25.7. The largest absolute Gasteiger partial charge is 0.489 e. The zero-order valence-electron chi connectivity index (χ0n) is 13.4. The average Bonchev–Trinajstić information content (AvgIpc) is 2.56. The fraction of sp³-hybridized carbons (Fsp3) is 0.368. The summed E-state index contributed by atoms with van der Waals surface area (Å²) in [6.07, 6.45) is 2.33. The van der Waals surface area contributed by atoms with Crippen LogP contribution in [-0.4, -0.2) is 31.6 Å². The molecule has 4 heteroatoms. The lowest BCUT2D eigenvalue weighted by atomic mass is 10.00. The maximum absolute atomic E-state index is 14.2. The molecule has 122 valence electrons. The third-order valence-electron chi connectivity index (χ3n) is 4.09. The number of nitrogens with zero attached hydrogens (tertiary/aromatic N) is 1. The SMILES string of the molecule is CN1CCCC(COc2cccc(F)c2Oc2ccccc2)C1. The van der Waals surface area contributed by atoms with Gasteiger partial charge >= 0.3 is 0 Å². The van der Waals surface area contributed by atoms with E-state index in [1.807, 2.05) is 18.2 Å². The van der Waals surface area contributed by atoms with E-state index < -0.39 is 5.82 Å². The highest BCUT2D eigenvalue weighted by Crippen LogP contribution is 2.34. The number of hydrogen-bond acceptors (Lipinski definition) is 3. The molecule has 2 aromatic carbocycles. The second-order valence-corrected chi connectivity index (χ2v) is 6.06. The van der Waals surface area contributed by atoms with E-state index in [9.17, 15) is 4.39 Å². The molecule has 0 N–H and O–H groups in total. The Morgan fingerprint density at radius 1 is 1.13 bits per heavy atom. The minimum atomic E-state index is -0.410. The van der Waals surface area contributed by atoms with Crippen LogP contribution in [-0.2, 0) is 0 Å². The standard InChI is InChI=1S/C19H22FNO2/c1-21-12-6-7-15(13-21)14-22-18-11-5-10-17(20)19(18)23-16-8-3-2-4-9-16/h2-5,8-11,15H,6-7,12-14H2,1H3. The van der Waals surface area contributed by atoms with Gasteiger partial charge in [-0.25, -0.2) is 4.39 Å². The lowest BCUT2D eigenvalue weighted by molar-refractivity contribution is 0.148. The molecule has 1 aliphatic heterocycles. The number of rotatable bonds is 5. The van der Waals surface area contributed by atoms with E-state index in [1.54, 1.807) is 24.3 Å². The zero-order chi connectivity index (χ0) is 16.1. The molecular formula is C19H22FNO2. The van der Waals surface area contributed by atoms with Gasteiger partial charge < -0.3 is 14.4 Å². The summed E-state index contributed by atoms with van der Waals surface area (Å²) in [5.74, 6) is 1.28. The van der Waals surface area contributed by atoms with Gasteiger partial charge in [0, 0.05) is 12.5 Å². The van der Waals surface area contributed by atoms with Gasteiger partial charge in [-0.1, -0.05) is 24.3 Å². The maximum atomic E-state index is 14.2. The fourth-order valence-electron chi connectivity index (χ4n) is 2.93. The molecule has 3 rings (SSSR count). The Labute approximate surface area is 136 Å². The van der Waals surface area contributed by atoms with Crippen LogP contribution < -0.4 is 9.47 Å². The second kappa shape index (κ2) is 7.47. The van der Waals surface area contributed by atoms with Crippen molar-refractivity contribution in [2.45, 2.75) is 12.8 Å². The van der Waals surface area contributed by atoms with Gasteiger partial charge in [0.1, 0.15) is 5.75 Å². The van der Waals surface area contributed by atoms with Crippen LogP contribution in [0.15, 0.2) is 48.5 Å². The Balaban J connectivity index is 1.70. The van der Waals surface area contributed by atoms with E-state index in [4.69, 9.17) is 9.47 Å². The predicted molar refractivity (Wildman–Crippen MR) is 88.6 cm³/mol. The molecule has 0 radical (unpaired) electrons. The van der Waals surface area contributed by atoms with Crippen molar-refractivity contribution in [1.29, 1.82) is 0 Å². The van der Waals surface area contributed by atoms with Crippen LogP contribution in [0.3, 0.4) is 0 Å². The molecule has 1 unspecified atom stereocenters. The molecule has 2 aromatic rings. The lowest BCUT2D eigenvalue weighted by Gasteiger charge is -2.29. The molecular weight excluding hydrogens is 293 g/mol. The highest BCUT2D eigenvalue weighted by molar-refractivity contribution is 5.43. The number of benzene rings is 2. The third kappa shape index (κ3) is 4.23. The van der Waals surface area contributed by atoms with E-state index in [2.05, 4.69) is 11.9 Å². The number of ether oxygens (including phenoxy) is 2. The van der Waals surface area contributed by atoms with E-state index in [-0.39, 0.29) is 5.75 Å². The van der Waals surface area contributed by atoms with Crippen molar-refractivity contribution in [2.75, 3.05) is 26.7 Å². The quantitative estimate of drug-likeness (QED) is 0.819. The number of hydrogen-bond donors (Lipinski definition) is 0. The first-order valence-electron chi connectivity index (χ1n) is 8.05. The summed E-state index contributed by atoms with van der Waals surface area (Å²) >= 11 is 0. The summed E-state index contributed by atoms with van der Waals surface area (Å²) in [5.41, 5.74) is 0. The molecule has 1 saturated heterocycles. The van der Waals surface area contributed by atoms with Crippen LogP contribution in [0.1, 0.15) is 12.8 Å². The summed E-state index contributed by atoms with van der Waals surface area (Å²) in [7, 11) is 2.12. The van der Waals surface area contributed by atoms with Crippen LogP contribution in [0, 0.1) is 11.7 Å². The Kier molecular flexibility index (Phi) is 5.13. The van der Waals surface area contributed by atoms with Crippen molar-refractivity contribution in [3.05, 3.63) is 54.3 Å². The minimum Gasteiger partial charge on any atom is -0.489 e. The van der Waals surface area contributed by atoms with Gasteiger partial charge in [-0.15, -0.1) is 0 Å². The van der Waals surface area contributed by atoms with E-state index in [1.165, 1.54) is 12.5 Å². The topological polar surface area (TPSA) is 21.7 Å². The molecule has 23 heavy (non-hydrogen) atoms. The normalized spacial score (nSPS) is 18.6. The van der Waals surface area contributed by atoms with Crippen LogP contribution in [0.5, 0.6) is 17.2 Å². The monoisotopic (exact) mass is 315 g/mol. The van der Waals surface area contributed by atoms with Gasteiger partial charge in [0.05, 0.1) is 6.61 Å². The maximum Gasteiger partial charge on any atom is 0.204 e. The van der Waals surface area contributed by atoms with Crippen molar-refractivity contribution >= 4 is 0 Å². The summed E-state index contributed by atoms with van der Waals surface area (Å²) in [6.45, 7) is 2.74. The first-order chi connectivity index (χ1) is 11.2. The number of likely N-dealkylation sites (tertiary alicyclic amines) is 1. The molecule has 3 nitrogen and oxygen atoms in total. The molecule has 1 heterocycles. The van der Waals surface area contributed by atoms with Crippen LogP contribution in [0.4, 0.5) is 4.39 Å². The summed E-state index contributed by atoms with van der Waals surface area (Å²) in [6, 6.07) is 14.0. The highest BCUT2D eigenvalue weighted by atomic mass is 19.1. The van der Waals surface area contributed by atoms with Crippen LogP contribution >= 0.6 is 0 Å². The van der Waals surface area contributed by atoms with E-state index >= 15 is 0 Å². The molecule has 0 aromatic heterocycles. The Hall–Kier alpha value is -2.07. The molecule has 1 fully saturated rings. The molecule has 0 amide bonds. The zero-order valence-corrected chi connectivity index (χ0v) is 13.4. The second-order valence-electron chi connectivity index (χ2n) is 6.06. The Bertz CT molecular complexity index is 633. The summed E-state index contributed by atoms with van der Waals surface area (Å²) in [5, 5.41) is 0. The molecule has 1 aliphatic rings. The lowest BCUT2D eigenvalue weighted by Crippen LogP contribution is -2.34. The molecule has 0 aliphatic carbocycles. The van der Waals surface area contributed by atoms with Crippen molar-refractivity contribution in [3.63, 3.8) is 0 Å². The van der Waals surface area contributed by atoms with Crippen molar-refractivity contribution < 1.29 is 13.9 Å². The van der Waals surface area contributed by atoms with Gasteiger partial charge in [0.2, 0.25) is 5.75 Å². The first-order valence-corrected chi connectivity index (χ1v) is 8.05. The van der Waals surface area contributed by atoms with Crippen LogP contribution in [0.25, 0.3) is 0 Å². The average molecular weight is 315 g/mol. The minimum absolute atomic E-state index is 0.155. The number of piperidine rings is 1. The van der Waals surface area contributed by atoms with Gasteiger partial charge in [-0.3, -0.25) is 0 Å². The smallest absolute Gasteiger partial charge is 0.204 e. The predicted octanol–water partition coefficient (Wildman–Crippen LogP) is 4.34. The number of para-hydroxylation sites is 2. The van der Waals surface area contributed by atoms with Crippen molar-refractivity contribution in [2.24, 2.45) is 5.92 Å². The molecule has 0 bridgehead atoms. The van der Waals surface area contributed by atoms with Gasteiger partial charge in [0.15, 0.2) is 11.6 Å². The van der Waals surface area contributed by atoms with Gasteiger partial charge in [0.25, 0.3) is 0 Å². The molecule has 1 atom stereocenters. The third-order valence-corrected chi connectivity index (χ3v) is 4.09. The molecule has 0 spiro atoms. The fourth-order valence-corrected chi connectivity index (χ4v) is 2.93. The number of halogens is 1. The van der Waals surface area contributed by atoms with Crippen molar-refractivity contribution in [1.82, 2.24) is 4.90 Å². The Morgan fingerprint density at radius 2 is 1.96 bits per heavy atom. The highest BCUT2D eigenvalue weighted by Gasteiger charge is 2.19. The molecule has 0 saturated carbocycles. The van der Waals surface area contributed by atoms with Crippen molar-refractivity contribution in [3.8, 4) is 17.2 Å². The summed E-state index contributed by atoms with van der Waals surface area (Å²) in [4.78, 5) is 2.31. The van der Waals surface area contributed by atoms with E-state index in [0.29, 0.717) is 24.0 Å². The van der Waals surface area contributed by atoms with Gasteiger partial charge in [-0.2, -0.15) is 0 Å².